The molecule has 0 aliphatic heterocycles. The fourth-order valence-corrected chi connectivity index (χ4v) is 3.87. The lowest BCUT2D eigenvalue weighted by Gasteiger charge is -2.12. The normalized spacial score (nSPS) is 12.3. The highest BCUT2D eigenvalue weighted by Gasteiger charge is 2.40. The van der Waals surface area contributed by atoms with Gasteiger partial charge in [0.25, 0.3) is 0 Å². The molecule has 0 bridgehead atoms. The maximum absolute atomic E-state index is 14.2. The Morgan fingerprint density at radius 2 is 1.81 bits per heavy atom. The number of aromatic nitrogens is 3. The van der Waals surface area contributed by atoms with E-state index < -0.39 is 38.2 Å². The van der Waals surface area contributed by atoms with Crippen LogP contribution in [0, 0.1) is 5.82 Å². The molecule has 13 heteroatoms. The predicted octanol–water partition coefficient (Wildman–Crippen LogP) is 4.65. The Balaban J connectivity index is 1.87. The first kappa shape index (κ1) is 22.0. The summed E-state index contributed by atoms with van der Waals surface area (Å²) in [5.74, 6) is -1.08. The number of halogens is 5. The van der Waals surface area contributed by atoms with Gasteiger partial charge in [0.15, 0.2) is 11.5 Å². The molecule has 0 aliphatic rings. The van der Waals surface area contributed by atoms with E-state index in [1.54, 1.807) is 0 Å². The van der Waals surface area contributed by atoms with Crippen molar-refractivity contribution >= 4 is 21.6 Å². The Labute approximate surface area is 183 Å². The first-order valence-corrected chi connectivity index (χ1v) is 10.6. The molecule has 4 aromatic rings. The highest BCUT2D eigenvalue weighted by molar-refractivity contribution is 7.89. The molecular formula is C19H11ClF4N4O3S. The molecular weight excluding hydrogens is 476 g/mol. The van der Waals surface area contributed by atoms with E-state index in [2.05, 4.69) is 10.3 Å². The number of hydrogen-bond donors (Lipinski definition) is 1. The van der Waals surface area contributed by atoms with E-state index in [4.69, 9.17) is 21.3 Å². The van der Waals surface area contributed by atoms with Crippen molar-refractivity contribution in [3.8, 4) is 28.3 Å². The molecule has 0 radical (unpaired) electrons. The quantitative estimate of drug-likeness (QED) is 0.423. The number of rotatable bonds is 4. The second kappa shape index (κ2) is 7.73. The van der Waals surface area contributed by atoms with E-state index in [0.29, 0.717) is 4.68 Å². The van der Waals surface area contributed by atoms with Crippen LogP contribution >= 0.6 is 11.6 Å². The van der Waals surface area contributed by atoms with Crippen molar-refractivity contribution in [2.24, 2.45) is 5.14 Å². The average Bonchev–Trinajstić information content (AvgIpc) is 3.34. The second-order valence-corrected chi connectivity index (χ2v) is 8.50. The molecule has 0 saturated heterocycles. The summed E-state index contributed by atoms with van der Waals surface area (Å²) in [6.07, 6.45) is -4.05. The van der Waals surface area contributed by atoms with Gasteiger partial charge in [-0.15, -0.1) is 0 Å². The van der Waals surface area contributed by atoms with Gasteiger partial charge in [-0.3, -0.25) is 0 Å². The van der Waals surface area contributed by atoms with Crippen molar-refractivity contribution in [1.82, 2.24) is 14.9 Å². The summed E-state index contributed by atoms with van der Waals surface area (Å²) in [4.78, 5) is -0.392. The highest BCUT2D eigenvalue weighted by Crippen LogP contribution is 2.40. The first-order valence-electron chi connectivity index (χ1n) is 8.67. The van der Waals surface area contributed by atoms with Gasteiger partial charge in [-0.1, -0.05) is 28.9 Å². The molecule has 2 aromatic heterocycles. The third kappa shape index (κ3) is 3.99. The molecule has 0 unspecified atom stereocenters. The monoisotopic (exact) mass is 486 g/mol. The van der Waals surface area contributed by atoms with Crippen LogP contribution in [0.2, 0.25) is 5.02 Å². The summed E-state index contributed by atoms with van der Waals surface area (Å²) < 4.78 is 84.7. The molecule has 2 N–H and O–H groups in total. The lowest BCUT2D eigenvalue weighted by atomic mass is 10.1. The van der Waals surface area contributed by atoms with Crippen molar-refractivity contribution in [3.05, 3.63) is 71.3 Å². The highest BCUT2D eigenvalue weighted by atomic mass is 35.5. The maximum atomic E-state index is 14.2. The Morgan fingerprint density at radius 1 is 1.09 bits per heavy atom. The molecule has 0 spiro atoms. The number of nitrogens with two attached hydrogens (primary N) is 1. The molecule has 0 fully saturated rings. The maximum Gasteiger partial charge on any atom is 0.434 e. The van der Waals surface area contributed by atoms with Gasteiger partial charge >= 0.3 is 6.18 Å². The zero-order chi connectivity index (χ0) is 23.3. The van der Waals surface area contributed by atoms with Crippen LogP contribution in [0.25, 0.3) is 28.3 Å². The van der Waals surface area contributed by atoms with Gasteiger partial charge in [-0.25, -0.2) is 22.6 Å². The molecule has 2 aromatic carbocycles. The molecule has 7 nitrogen and oxygen atoms in total. The summed E-state index contributed by atoms with van der Waals surface area (Å²) in [5, 5.41) is 12.4. The van der Waals surface area contributed by atoms with E-state index in [1.807, 2.05) is 0 Å². The number of nitrogens with zero attached hydrogens (tertiary/aromatic N) is 3. The molecule has 4 rings (SSSR count). The van der Waals surface area contributed by atoms with E-state index in [0.717, 1.165) is 30.5 Å². The van der Waals surface area contributed by atoms with E-state index in [-0.39, 0.29) is 27.7 Å². The standard InChI is InChI=1S/C19H11ClF4N4O3S/c20-13-5-2-6-14(21)17(13)15-8-16(31-27-15)12-9-26-28(18(12)19(22,23)24)10-3-1-4-11(7-10)32(25,29)30/h1-9H,(H2,25,29,30). The zero-order valence-electron chi connectivity index (χ0n) is 15.6. The van der Waals surface area contributed by atoms with Gasteiger partial charge in [-0.2, -0.15) is 18.3 Å². The summed E-state index contributed by atoms with van der Waals surface area (Å²) in [6, 6.07) is 9.52. The van der Waals surface area contributed by atoms with E-state index in [1.165, 1.54) is 24.3 Å². The smallest absolute Gasteiger partial charge is 0.356 e. The Hall–Kier alpha value is -3.22. The second-order valence-electron chi connectivity index (χ2n) is 6.53. The summed E-state index contributed by atoms with van der Waals surface area (Å²) in [6.45, 7) is 0. The topological polar surface area (TPSA) is 104 Å². The van der Waals surface area contributed by atoms with Crippen LogP contribution in [0.1, 0.15) is 5.69 Å². The molecule has 0 aliphatic carbocycles. The summed E-state index contributed by atoms with van der Waals surface area (Å²) in [7, 11) is -4.16. The number of primary sulfonamides is 1. The fraction of sp³-hybridized carbons (Fsp3) is 0.0526. The fourth-order valence-electron chi connectivity index (χ4n) is 3.05. The first-order chi connectivity index (χ1) is 15.0. The van der Waals surface area contributed by atoms with Crippen LogP contribution < -0.4 is 5.14 Å². The van der Waals surface area contributed by atoms with Crippen molar-refractivity contribution in [1.29, 1.82) is 0 Å². The van der Waals surface area contributed by atoms with Gasteiger partial charge in [0.05, 0.1) is 32.9 Å². The molecule has 0 amide bonds. The van der Waals surface area contributed by atoms with E-state index >= 15 is 0 Å². The number of alkyl halides is 3. The van der Waals surface area contributed by atoms with Gasteiger partial charge < -0.3 is 4.52 Å². The largest absolute Gasteiger partial charge is 0.434 e. The third-order valence-electron chi connectivity index (χ3n) is 4.42. The van der Waals surface area contributed by atoms with Crippen LogP contribution in [0.15, 0.2) is 64.1 Å². The molecule has 2 heterocycles. The third-order valence-corrected chi connectivity index (χ3v) is 5.65. The Kier molecular flexibility index (Phi) is 5.31. The average molecular weight is 487 g/mol. The van der Waals surface area contributed by atoms with Crippen molar-refractivity contribution < 1.29 is 30.5 Å². The molecule has 32 heavy (non-hydrogen) atoms. The molecule has 0 saturated carbocycles. The van der Waals surface area contributed by atoms with Gasteiger partial charge in [0, 0.05) is 6.07 Å². The SMILES string of the molecule is NS(=O)(=O)c1cccc(-n2ncc(-c3cc(-c4c(F)cccc4Cl)no3)c2C(F)(F)F)c1. The number of benzene rings is 2. The van der Waals surface area contributed by atoms with Crippen LogP contribution in [0.5, 0.6) is 0 Å². The minimum absolute atomic E-state index is 0.00333. The summed E-state index contributed by atoms with van der Waals surface area (Å²) in [5.41, 5.74) is -2.20. The Morgan fingerprint density at radius 3 is 2.47 bits per heavy atom. The van der Waals surface area contributed by atoms with Crippen LogP contribution in [-0.4, -0.2) is 23.4 Å². The summed E-state index contributed by atoms with van der Waals surface area (Å²) >= 11 is 5.98. The zero-order valence-corrected chi connectivity index (χ0v) is 17.2. The van der Waals surface area contributed by atoms with Crippen molar-refractivity contribution in [3.63, 3.8) is 0 Å². The van der Waals surface area contributed by atoms with Gasteiger partial charge in [0.2, 0.25) is 10.0 Å². The minimum Gasteiger partial charge on any atom is -0.356 e. The predicted molar refractivity (Wildman–Crippen MR) is 106 cm³/mol. The van der Waals surface area contributed by atoms with E-state index in [9.17, 15) is 26.0 Å². The van der Waals surface area contributed by atoms with Gasteiger partial charge in [0.1, 0.15) is 11.5 Å². The van der Waals surface area contributed by atoms with Crippen LogP contribution in [0.4, 0.5) is 17.6 Å². The van der Waals surface area contributed by atoms with Gasteiger partial charge in [-0.05, 0) is 30.3 Å². The van der Waals surface area contributed by atoms with Crippen LogP contribution in [-0.2, 0) is 16.2 Å². The Bertz CT molecular complexity index is 1410. The lowest BCUT2D eigenvalue weighted by Crippen LogP contribution is -2.16. The molecule has 0 atom stereocenters. The van der Waals surface area contributed by atoms with Crippen molar-refractivity contribution in [2.45, 2.75) is 11.1 Å². The molecule has 166 valence electrons. The van der Waals surface area contributed by atoms with Crippen molar-refractivity contribution in [2.75, 3.05) is 0 Å². The lowest BCUT2D eigenvalue weighted by molar-refractivity contribution is -0.142. The number of hydrogen-bond acceptors (Lipinski definition) is 5. The minimum atomic E-state index is -4.92. The van der Waals surface area contributed by atoms with Crippen LogP contribution in [0.3, 0.4) is 0 Å². The number of sulfonamides is 1.